The Balaban J connectivity index is 2.29. The van der Waals surface area contributed by atoms with E-state index in [0.29, 0.717) is 17.8 Å². The minimum absolute atomic E-state index is 0.0159. The highest BCUT2D eigenvalue weighted by Crippen LogP contribution is 2.40. The molecule has 164 valence electrons. The Labute approximate surface area is 179 Å². The van der Waals surface area contributed by atoms with Crippen molar-refractivity contribution in [3.63, 3.8) is 0 Å². The van der Waals surface area contributed by atoms with E-state index in [2.05, 4.69) is 5.32 Å². The number of anilines is 1. The molecule has 2 aliphatic rings. The first-order valence-electron chi connectivity index (χ1n) is 9.72. The number of guanidine groups is 1. The van der Waals surface area contributed by atoms with Gasteiger partial charge in [-0.25, -0.2) is 9.59 Å². The van der Waals surface area contributed by atoms with E-state index in [-0.39, 0.29) is 23.5 Å². The van der Waals surface area contributed by atoms with Crippen LogP contribution in [0.1, 0.15) is 29.3 Å². The van der Waals surface area contributed by atoms with E-state index < -0.39 is 34.0 Å². The van der Waals surface area contributed by atoms with Crippen LogP contribution >= 0.6 is 0 Å². The summed E-state index contributed by atoms with van der Waals surface area (Å²) in [4.78, 5) is 39.4. The summed E-state index contributed by atoms with van der Waals surface area (Å²) >= 11 is 0. The van der Waals surface area contributed by atoms with Gasteiger partial charge in [0.2, 0.25) is 0 Å². The molecule has 1 aromatic carbocycles. The Kier molecular flexibility index (Phi) is 5.36. The molecule has 0 radical (unpaired) electrons. The van der Waals surface area contributed by atoms with Gasteiger partial charge in [-0.3, -0.25) is 5.41 Å². The molecule has 0 saturated heterocycles. The second-order valence-corrected chi connectivity index (χ2v) is 8.14. The zero-order valence-electron chi connectivity index (χ0n) is 17.6. The molecule has 0 saturated carbocycles. The van der Waals surface area contributed by atoms with Gasteiger partial charge in [-0.1, -0.05) is 30.4 Å². The van der Waals surface area contributed by atoms with Crippen molar-refractivity contribution in [3.05, 3.63) is 53.1 Å². The average Bonchev–Trinajstić information content (AvgIpc) is 2.77. The lowest BCUT2D eigenvalue weighted by molar-refractivity contribution is -0.768. The van der Waals surface area contributed by atoms with E-state index in [9.17, 15) is 19.5 Å². The van der Waals surface area contributed by atoms with Gasteiger partial charge in [0.25, 0.3) is 0 Å². The summed E-state index contributed by atoms with van der Waals surface area (Å²) in [7, 11) is 3.31. The second-order valence-electron chi connectivity index (χ2n) is 8.14. The number of carboxylic acids is 1. The Bertz CT molecular complexity index is 1050. The summed E-state index contributed by atoms with van der Waals surface area (Å²) in [5.74, 6) is -2.17. The van der Waals surface area contributed by atoms with Crippen LogP contribution in [-0.4, -0.2) is 55.0 Å². The Morgan fingerprint density at radius 2 is 2.03 bits per heavy atom. The van der Waals surface area contributed by atoms with Crippen molar-refractivity contribution in [2.45, 2.75) is 24.9 Å². The Morgan fingerprint density at radius 3 is 2.55 bits per heavy atom. The number of nitrogens with zero attached hydrogens (tertiary/aromatic N) is 2. The highest BCUT2D eigenvalue weighted by atomic mass is 16.4. The van der Waals surface area contributed by atoms with Crippen molar-refractivity contribution in [1.29, 1.82) is 5.41 Å². The number of carbonyl (C=O) groups excluding carboxylic acids is 3. The molecule has 1 aliphatic heterocycles. The first-order valence-corrected chi connectivity index (χ1v) is 9.72. The first-order chi connectivity index (χ1) is 14.4. The number of quaternary nitrogens is 1. The second kappa shape index (κ2) is 7.55. The lowest BCUT2D eigenvalue weighted by Gasteiger charge is -2.37. The molecule has 6 N–H and O–H groups in total. The quantitative estimate of drug-likeness (QED) is 0.287. The molecule has 1 aliphatic carbocycles. The highest BCUT2D eigenvalue weighted by Gasteiger charge is 2.50. The van der Waals surface area contributed by atoms with Crippen LogP contribution in [0.3, 0.4) is 0 Å². The number of carboxylic acid groups (broad SMARTS) is 1. The van der Waals surface area contributed by atoms with Crippen molar-refractivity contribution in [2.24, 2.45) is 11.5 Å². The molecule has 3 amide bonds. The fourth-order valence-corrected chi connectivity index (χ4v) is 4.25. The molecule has 3 rings (SSSR count). The van der Waals surface area contributed by atoms with Crippen molar-refractivity contribution in [3.8, 4) is 0 Å². The summed E-state index contributed by atoms with van der Waals surface area (Å²) in [6, 6.07) is 4.04. The number of carbonyl (C=O) groups is 3. The third kappa shape index (κ3) is 3.44. The van der Waals surface area contributed by atoms with Crippen LogP contribution in [0.4, 0.5) is 10.5 Å². The van der Waals surface area contributed by atoms with Crippen molar-refractivity contribution in [1.82, 2.24) is 5.32 Å². The van der Waals surface area contributed by atoms with Crippen LogP contribution in [0.25, 0.3) is 0 Å². The van der Waals surface area contributed by atoms with Gasteiger partial charge < -0.3 is 31.6 Å². The predicted molar refractivity (Wildman–Crippen MR) is 113 cm³/mol. The van der Waals surface area contributed by atoms with Gasteiger partial charge in [-0.15, -0.1) is 0 Å². The summed E-state index contributed by atoms with van der Waals surface area (Å²) in [6.07, 6.45) is 4.44. The van der Waals surface area contributed by atoms with E-state index >= 15 is 0 Å². The van der Waals surface area contributed by atoms with Crippen molar-refractivity contribution >= 4 is 29.6 Å². The van der Waals surface area contributed by atoms with Crippen molar-refractivity contribution in [2.75, 3.05) is 25.5 Å². The molecule has 10 nitrogen and oxygen atoms in total. The minimum Gasteiger partial charge on any atom is -0.545 e. The Hall–Kier alpha value is -3.66. The zero-order valence-corrected chi connectivity index (χ0v) is 17.6. The van der Waals surface area contributed by atoms with E-state index in [1.165, 1.54) is 19.2 Å². The van der Waals surface area contributed by atoms with Gasteiger partial charge >= 0.3 is 11.9 Å². The summed E-state index contributed by atoms with van der Waals surface area (Å²) in [5.41, 5.74) is 11.5. The molecule has 0 aromatic heterocycles. The Morgan fingerprint density at radius 1 is 1.35 bits per heavy atom. The van der Waals surface area contributed by atoms with Crippen LogP contribution in [0, 0.1) is 5.41 Å². The van der Waals surface area contributed by atoms with Gasteiger partial charge in [-0.05, 0) is 25.0 Å². The van der Waals surface area contributed by atoms with Crippen LogP contribution in [-0.2, 0) is 10.3 Å². The van der Waals surface area contributed by atoms with Gasteiger partial charge in [-0.2, -0.15) is 4.48 Å². The number of nitrogens with one attached hydrogen (secondary N) is 2. The van der Waals surface area contributed by atoms with E-state index in [0.717, 1.165) is 0 Å². The van der Waals surface area contributed by atoms with Crippen molar-refractivity contribution < 1.29 is 24.0 Å². The van der Waals surface area contributed by atoms with E-state index in [4.69, 9.17) is 16.9 Å². The maximum atomic E-state index is 13.8. The molecule has 1 heterocycles. The maximum absolute atomic E-state index is 13.8. The zero-order chi connectivity index (χ0) is 23.1. The lowest BCUT2D eigenvalue weighted by Crippen LogP contribution is -2.63. The largest absolute Gasteiger partial charge is 0.545 e. The molecule has 3 unspecified atom stereocenters. The molecule has 10 heteroatoms. The van der Waals surface area contributed by atoms with Gasteiger partial charge in [0.1, 0.15) is 11.6 Å². The molecular formula is C21H26N6O4. The third-order valence-electron chi connectivity index (χ3n) is 6.23. The summed E-state index contributed by atoms with van der Waals surface area (Å²) in [6.45, 7) is 2.18. The van der Waals surface area contributed by atoms with Crippen LogP contribution < -0.4 is 26.8 Å². The van der Waals surface area contributed by atoms with Crippen LogP contribution in [0.2, 0.25) is 0 Å². The lowest BCUT2D eigenvalue weighted by atomic mass is 9.79. The number of likely N-dealkylation sites (N-methyl/N-ethyl adjacent to an activating group) is 2. The number of aliphatic carboxylic acids is 1. The third-order valence-corrected chi connectivity index (χ3v) is 6.23. The number of hydrogen-bond donors (Lipinski definition) is 4. The number of benzene rings is 1. The number of primary amides is 1. The number of imide groups is 1. The fraction of sp³-hybridized carbons (Fsp3) is 0.333. The average molecular weight is 426 g/mol. The molecule has 3 atom stereocenters. The number of rotatable bonds is 3. The highest BCUT2D eigenvalue weighted by molar-refractivity contribution is 6.02. The molecule has 1 aromatic rings. The summed E-state index contributed by atoms with van der Waals surface area (Å²) in [5, 5.41) is 21.9. The number of nitrogens with two attached hydrogens (primary N) is 2. The minimum atomic E-state index is -1.33. The van der Waals surface area contributed by atoms with Crippen LogP contribution in [0.5, 0.6) is 0 Å². The van der Waals surface area contributed by atoms with E-state index in [1.54, 1.807) is 31.2 Å². The number of hydrogen-bond acceptors (Lipinski definition) is 6. The monoisotopic (exact) mass is 426 g/mol. The number of urea groups is 1. The number of amides is 3. The summed E-state index contributed by atoms with van der Waals surface area (Å²) < 4.78 is -0.631. The smallest absolute Gasteiger partial charge is 0.421 e. The molecule has 0 bridgehead atoms. The van der Waals surface area contributed by atoms with Crippen LogP contribution in [0.15, 0.2) is 42.0 Å². The standard InChI is InChI=1S/C21H26N6O4/c1-12-11-26(2)15-6-4-5-14(16(15)17(28)27(12,3)20(24)31)21(25-19(22)23)9-7-13(8-10-21)18(29)30/h4-9,12H,10-11H2,1-3H3,(H6-,22,23,24,25,29,30,31). The molecule has 0 spiro atoms. The van der Waals surface area contributed by atoms with Gasteiger partial charge in [0.15, 0.2) is 5.96 Å². The first kappa shape index (κ1) is 22.0. The fourth-order valence-electron chi connectivity index (χ4n) is 4.25. The topological polar surface area (TPSA) is 165 Å². The molecule has 0 fully saturated rings. The number of fused-ring (bicyclic) bond motifs is 1. The molecular weight excluding hydrogens is 400 g/mol. The normalized spacial score (nSPS) is 27.7. The maximum Gasteiger partial charge on any atom is 0.421 e. The van der Waals surface area contributed by atoms with Gasteiger partial charge in [0.05, 0.1) is 30.8 Å². The SMILES string of the molecule is CC1CN(C)c2cccc(C3(NC(=N)N)C=CC(C(=O)[O-])=CC3)c2C(=O)[N+]1(C)C(N)=O. The molecule has 31 heavy (non-hydrogen) atoms. The van der Waals surface area contributed by atoms with Gasteiger partial charge in [0, 0.05) is 12.6 Å². The van der Waals surface area contributed by atoms with E-state index in [1.807, 2.05) is 11.9 Å². The predicted octanol–water partition coefficient (Wildman–Crippen LogP) is -0.495.